The van der Waals surface area contributed by atoms with Gasteiger partial charge in [-0.05, 0) is 49.1 Å². The minimum atomic E-state index is -0.942. The van der Waals surface area contributed by atoms with Crippen molar-refractivity contribution in [3.63, 3.8) is 0 Å². The van der Waals surface area contributed by atoms with E-state index in [1.54, 1.807) is 11.3 Å². The summed E-state index contributed by atoms with van der Waals surface area (Å²) in [6.45, 7) is 6.42. The first-order valence-electron chi connectivity index (χ1n) is 9.28. The maximum absolute atomic E-state index is 10.7. The molecule has 3 rings (SSSR count). The number of fused-ring (bicyclic) bond motifs is 1. The number of aromatic nitrogens is 3. The van der Waals surface area contributed by atoms with Crippen LogP contribution in [0.5, 0.6) is 0 Å². The van der Waals surface area contributed by atoms with E-state index in [1.165, 1.54) is 19.3 Å². The van der Waals surface area contributed by atoms with Crippen molar-refractivity contribution in [3.05, 3.63) is 34.0 Å². The fourth-order valence-electron chi connectivity index (χ4n) is 3.08. The minimum Gasteiger partial charge on any atom is -0.384 e. The van der Waals surface area contributed by atoms with Crippen LogP contribution in [0.2, 0.25) is 0 Å². The normalized spacial score (nSPS) is 16.6. The highest BCUT2D eigenvalue weighted by Gasteiger charge is 2.23. The van der Waals surface area contributed by atoms with Crippen molar-refractivity contribution in [1.82, 2.24) is 25.4 Å². The van der Waals surface area contributed by atoms with E-state index < -0.39 is 5.60 Å². The molecular weight excluding hydrogens is 475 g/mol. The molecule has 0 bridgehead atoms. The van der Waals surface area contributed by atoms with Gasteiger partial charge in [0.1, 0.15) is 18.0 Å². The monoisotopic (exact) mass is 504 g/mol. The zero-order valence-corrected chi connectivity index (χ0v) is 19.1. The zero-order valence-electron chi connectivity index (χ0n) is 15.9. The number of nitrogens with zero attached hydrogens (tertiary/aromatic N) is 4. The molecule has 3 N–H and O–H groups in total. The van der Waals surface area contributed by atoms with Gasteiger partial charge in [-0.15, -0.1) is 34.2 Å². The Morgan fingerprint density at radius 3 is 2.93 bits per heavy atom. The molecule has 0 fully saturated rings. The summed E-state index contributed by atoms with van der Waals surface area (Å²) < 4.78 is 2.21. The second-order valence-electron chi connectivity index (χ2n) is 6.83. The van der Waals surface area contributed by atoms with Crippen molar-refractivity contribution < 1.29 is 5.11 Å². The highest BCUT2D eigenvalue weighted by molar-refractivity contribution is 14.0. The fourth-order valence-corrected chi connectivity index (χ4v) is 3.87. The first-order chi connectivity index (χ1) is 12.6. The molecule has 1 aliphatic rings. The Kier molecular flexibility index (Phi) is 8.49. The Labute approximate surface area is 181 Å². The van der Waals surface area contributed by atoms with Gasteiger partial charge in [-0.25, -0.2) is 4.99 Å². The van der Waals surface area contributed by atoms with Crippen molar-refractivity contribution in [1.29, 1.82) is 0 Å². The molecule has 7 nitrogen and oxygen atoms in total. The molecule has 1 unspecified atom stereocenters. The molecule has 0 saturated heterocycles. The molecule has 0 aliphatic carbocycles. The van der Waals surface area contributed by atoms with Crippen molar-refractivity contribution in [2.24, 2.45) is 4.99 Å². The van der Waals surface area contributed by atoms with Gasteiger partial charge in [0, 0.05) is 19.5 Å². The third-order valence-electron chi connectivity index (χ3n) is 4.65. The maximum atomic E-state index is 10.7. The van der Waals surface area contributed by atoms with Crippen molar-refractivity contribution >= 4 is 41.3 Å². The van der Waals surface area contributed by atoms with Crippen LogP contribution in [0.4, 0.5) is 0 Å². The van der Waals surface area contributed by atoms with Gasteiger partial charge in [-0.2, -0.15) is 11.3 Å². The van der Waals surface area contributed by atoms with E-state index in [0.29, 0.717) is 19.0 Å². The summed E-state index contributed by atoms with van der Waals surface area (Å²) in [6, 6.07) is 1.95. The average Bonchev–Trinajstić information content (AvgIpc) is 3.24. The minimum absolute atomic E-state index is 0. The highest BCUT2D eigenvalue weighted by Crippen LogP contribution is 2.22. The predicted octanol–water partition coefficient (Wildman–Crippen LogP) is 2.65. The van der Waals surface area contributed by atoms with Crippen molar-refractivity contribution in [3.8, 4) is 0 Å². The third kappa shape index (κ3) is 5.89. The number of thiophene rings is 1. The molecule has 0 aromatic carbocycles. The SMILES string of the molecule is CCNC(=NCc1nnc2n1CCCCC2)NCC(C)(O)c1ccsc1.I. The Hall–Kier alpha value is -1.20. The summed E-state index contributed by atoms with van der Waals surface area (Å²) in [4.78, 5) is 4.64. The Morgan fingerprint density at radius 1 is 1.33 bits per heavy atom. The van der Waals surface area contributed by atoms with Crippen LogP contribution in [-0.2, 0) is 25.1 Å². The smallest absolute Gasteiger partial charge is 0.191 e. The first kappa shape index (κ1) is 22.1. The van der Waals surface area contributed by atoms with Crippen LogP contribution in [0, 0.1) is 0 Å². The molecule has 150 valence electrons. The quantitative estimate of drug-likeness (QED) is 0.320. The summed E-state index contributed by atoms with van der Waals surface area (Å²) in [5.41, 5.74) is -0.0316. The Bertz CT molecular complexity index is 728. The summed E-state index contributed by atoms with van der Waals surface area (Å²) in [5.74, 6) is 2.66. The molecule has 1 aliphatic heterocycles. The van der Waals surface area contributed by atoms with E-state index in [9.17, 15) is 5.11 Å². The second kappa shape index (κ2) is 10.4. The molecule has 1 atom stereocenters. The largest absolute Gasteiger partial charge is 0.384 e. The van der Waals surface area contributed by atoms with E-state index in [-0.39, 0.29) is 24.0 Å². The number of nitrogens with one attached hydrogen (secondary N) is 2. The molecule has 0 amide bonds. The molecule has 27 heavy (non-hydrogen) atoms. The summed E-state index contributed by atoms with van der Waals surface area (Å²) in [5, 5.41) is 29.7. The van der Waals surface area contributed by atoms with E-state index >= 15 is 0 Å². The van der Waals surface area contributed by atoms with Gasteiger partial charge in [0.2, 0.25) is 0 Å². The lowest BCUT2D eigenvalue weighted by atomic mass is 9.99. The highest BCUT2D eigenvalue weighted by atomic mass is 127. The van der Waals surface area contributed by atoms with Crippen molar-refractivity contribution in [2.75, 3.05) is 13.1 Å². The molecule has 0 saturated carbocycles. The van der Waals surface area contributed by atoms with E-state index in [4.69, 9.17) is 0 Å². The van der Waals surface area contributed by atoms with Crippen LogP contribution in [-0.4, -0.2) is 38.9 Å². The lowest BCUT2D eigenvalue weighted by Crippen LogP contribution is -2.44. The second-order valence-corrected chi connectivity index (χ2v) is 7.61. The van der Waals surface area contributed by atoms with Gasteiger partial charge in [-0.1, -0.05) is 6.42 Å². The summed E-state index contributed by atoms with van der Waals surface area (Å²) >= 11 is 1.58. The van der Waals surface area contributed by atoms with E-state index in [0.717, 1.165) is 36.7 Å². The van der Waals surface area contributed by atoms with E-state index in [2.05, 4.69) is 30.4 Å². The van der Waals surface area contributed by atoms with Crippen LogP contribution in [0.1, 0.15) is 50.3 Å². The number of hydrogen-bond acceptors (Lipinski definition) is 5. The van der Waals surface area contributed by atoms with Crippen LogP contribution in [0.25, 0.3) is 0 Å². The average molecular weight is 504 g/mol. The van der Waals surface area contributed by atoms with Gasteiger partial charge < -0.3 is 20.3 Å². The third-order valence-corrected chi connectivity index (χ3v) is 5.34. The van der Waals surface area contributed by atoms with Gasteiger partial charge in [-0.3, -0.25) is 0 Å². The fraction of sp³-hybridized carbons (Fsp3) is 0.611. The summed E-state index contributed by atoms with van der Waals surface area (Å²) in [7, 11) is 0. The number of halogens is 1. The maximum Gasteiger partial charge on any atom is 0.191 e. The molecule has 0 spiro atoms. The zero-order chi connectivity index (χ0) is 18.4. The number of guanidine groups is 1. The molecule has 2 aromatic heterocycles. The lowest BCUT2D eigenvalue weighted by Gasteiger charge is -2.24. The van der Waals surface area contributed by atoms with Crippen LogP contribution in [0.3, 0.4) is 0 Å². The first-order valence-corrected chi connectivity index (χ1v) is 10.2. The number of rotatable bonds is 6. The number of aryl methyl sites for hydroxylation is 1. The number of aliphatic imine (C=N–C) groups is 1. The van der Waals surface area contributed by atoms with Crippen molar-refractivity contribution in [2.45, 2.75) is 58.2 Å². The Morgan fingerprint density at radius 2 is 2.19 bits per heavy atom. The van der Waals surface area contributed by atoms with Crippen LogP contribution in [0.15, 0.2) is 21.8 Å². The standard InChI is InChI=1S/C18H28N6OS.HI/c1-3-19-17(21-13-18(2,25)14-8-10-26-12-14)20-11-16-23-22-15-7-5-4-6-9-24(15)16;/h8,10,12,25H,3-7,9,11,13H2,1-2H3,(H2,19,20,21);1H. The Balaban J connectivity index is 0.00000261. The summed E-state index contributed by atoms with van der Waals surface area (Å²) in [6.07, 6.45) is 4.60. The van der Waals surface area contributed by atoms with Crippen LogP contribution < -0.4 is 10.6 Å². The number of hydrogen-bond donors (Lipinski definition) is 3. The van der Waals surface area contributed by atoms with Gasteiger partial charge >= 0.3 is 0 Å². The lowest BCUT2D eigenvalue weighted by molar-refractivity contribution is 0.0621. The molecular formula is C18H29IN6OS. The topological polar surface area (TPSA) is 87.4 Å². The van der Waals surface area contributed by atoms with Gasteiger partial charge in [0.05, 0.1) is 6.54 Å². The van der Waals surface area contributed by atoms with E-state index in [1.807, 2.05) is 30.7 Å². The molecule has 3 heterocycles. The van der Waals surface area contributed by atoms with Crippen LogP contribution >= 0.6 is 35.3 Å². The van der Waals surface area contributed by atoms with Gasteiger partial charge in [0.25, 0.3) is 0 Å². The molecule has 9 heteroatoms. The molecule has 0 radical (unpaired) electrons. The molecule has 2 aromatic rings. The predicted molar refractivity (Wildman–Crippen MR) is 120 cm³/mol. The van der Waals surface area contributed by atoms with Gasteiger partial charge in [0.15, 0.2) is 11.8 Å². The number of aliphatic hydroxyl groups is 1.